The van der Waals surface area contributed by atoms with Gasteiger partial charge in [0, 0.05) is 13.1 Å². The van der Waals surface area contributed by atoms with E-state index in [2.05, 4.69) is 16.4 Å². The maximum absolute atomic E-state index is 11.6. The van der Waals surface area contributed by atoms with Gasteiger partial charge in [0.1, 0.15) is 0 Å². The van der Waals surface area contributed by atoms with Crippen molar-refractivity contribution < 1.29 is 4.79 Å². The zero-order chi connectivity index (χ0) is 13.3. The van der Waals surface area contributed by atoms with E-state index < -0.39 is 0 Å². The summed E-state index contributed by atoms with van der Waals surface area (Å²) in [6.45, 7) is 7.20. The van der Waals surface area contributed by atoms with Crippen LogP contribution in [0.1, 0.15) is 12.8 Å². The summed E-state index contributed by atoms with van der Waals surface area (Å²) in [5.41, 5.74) is 0. The van der Waals surface area contributed by atoms with Crippen molar-refractivity contribution in [3.63, 3.8) is 0 Å². The Labute approximate surface area is 106 Å². The highest BCUT2D eigenvalue weighted by Gasteiger charge is 2.09. The van der Waals surface area contributed by atoms with Crippen LogP contribution >= 0.6 is 0 Å². The van der Waals surface area contributed by atoms with Gasteiger partial charge < -0.3 is 14.7 Å². The molecule has 0 saturated heterocycles. The topological polar surface area (TPSA) is 26.8 Å². The molecule has 0 radical (unpaired) electrons. The maximum Gasteiger partial charge on any atom is 0.245 e. The molecule has 0 aliphatic carbocycles. The number of rotatable bonds is 9. The molecule has 0 unspecified atom stereocenters. The van der Waals surface area contributed by atoms with Crippen LogP contribution in [-0.2, 0) is 4.79 Å². The summed E-state index contributed by atoms with van der Waals surface area (Å²) in [5, 5.41) is 0. The first-order chi connectivity index (χ1) is 7.97. The van der Waals surface area contributed by atoms with Gasteiger partial charge in [-0.25, -0.2) is 0 Å². The van der Waals surface area contributed by atoms with Gasteiger partial charge in [0.15, 0.2) is 0 Å². The molecule has 100 valence electrons. The van der Waals surface area contributed by atoms with Crippen LogP contribution in [0.2, 0.25) is 0 Å². The molecule has 4 nitrogen and oxygen atoms in total. The fourth-order valence-corrected chi connectivity index (χ4v) is 1.62. The minimum atomic E-state index is 0.0440. The summed E-state index contributed by atoms with van der Waals surface area (Å²) in [6, 6.07) is 0. The van der Waals surface area contributed by atoms with E-state index in [1.807, 2.05) is 33.1 Å². The molecule has 0 heterocycles. The van der Waals surface area contributed by atoms with Gasteiger partial charge in [-0.3, -0.25) is 4.79 Å². The van der Waals surface area contributed by atoms with Crippen LogP contribution in [0.4, 0.5) is 0 Å². The summed E-state index contributed by atoms with van der Waals surface area (Å²) in [7, 11) is 8.19. The fourth-order valence-electron chi connectivity index (χ4n) is 1.62. The summed E-state index contributed by atoms with van der Waals surface area (Å²) >= 11 is 0. The zero-order valence-corrected chi connectivity index (χ0v) is 11.8. The Morgan fingerprint density at radius 3 is 1.65 bits per heavy atom. The van der Waals surface area contributed by atoms with Gasteiger partial charge in [-0.2, -0.15) is 0 Å². The largest absolute Gasteiger partial charge is 0.339 e. The third-order valence-electron chi connectivity index (χ3n) is 2.55. The van der Waals surface area contributed by atoms with Crippen LogP contribution in [0.3, 0.4) is 0 Å². The molecule has 1 amide bonds. The Hall–Kier alpha value is -0.870. The zero-order valence-electron chi connectivity index (χ0n) is 11.8. The monoisotopic (exact) mass is 241 g/mol. The van der Waals surface area contributed by atoms with Gasteiger partial charge in [-0.1, -0.05) is 6.58 Å². The average Bonchev–Trinajstić information content (AvgIpc) is 2.25. The molecule has 0 fully saturated rings. The number of hydrogen-bond acceptors (Lipinski definition) is 3. The third-order valence-corrected chi connectivity index (χ3v) is 2.55. The van der Waals surface area contributed by atoms with E-state index >= 15 is 0 Å². The van der Waals surface area contributed by atoms with Crippen molar-refractivity contribution in [1.29, 1.82) is 0 Å². The van der Waals surface area contributed by atoms with Gasteiger partial charge in [0.2, 0.25) is 5.91 Å². The second-order valence-electron chi connectivity index (χ2n) is 4.84. The summed E-state index contributed by atoms with van der Waals surface area (Å²) in [4.78, 5) is 17.8. The van der Waals surface area contributed by atoms with E-state index in [1.165, 1.54) is 6.08 Å². The summed E-state index contributed by atoms with van der Waals surface area (Å²) in [6.07, 6.45) is 3.43. The molecule has 0 atom stereocenters. The number of carbonyl (C=O) groups is 1. The van der Waals surface area contributed by atoms with Crippen molar-refractivity contribution >= 4 is 5.91 Å². The highest BCUT2D eigenvalue weighted by atomic mass is 16.2. The van der Waals surface area contributed by atoms with Gasteiger partial charge in [-0.15, -0.1) is 0 Å². The Bertz CT molecular complexity index is 213. The number of hydrogen-bond donors (Lipinski definition) is 0. The lowest BCUT2D eigenvalue weighted by Gasteiger charge is -2.23. The molecule has 0 aliphatic heterocycles. The molecule has 17 heavy (non-hydrogen) atoms. The third kappa shape index (κ3) is 8.89. The van der Waals surface area contributed by atoms with E-state index in [-0.39, 0.29) is 5.91 Å². The van der Waals surface area contributed by atoms with Gasteiger partial charge >= 0.3 is 0 Å². The maximum atomic E-state index is 11.6. The molecule has 0 aromatic carbocycles. The number of nitrogens with zero attached hydrogens (tertiary/aromatic N) is 3. The van der Waals surface area contributed by atoms with Crippen molar-refractivity contribution in [2.24, 2.45) is 0 Å². The second-order valence-corrected chi connectivity index (χ2v) is 4.84. The van der Waals surface area contributed by atoms with E-state index in [0.717, 1.165) is 39.0 Å². The predicted molar refractivity (Wildman–Crippen MR) is 73.1 cm³/mol. The van der Waals surface area contributed by atoms with Crippen molar-refractivity contribution in [3.8, 4) is 0 Å². The Balaban J connectivity index is 3.97. The first-order valence-corrected chi connectivity index (χ1v) is 6.18. The van der Waals surface area contributed by atoms with Crippen molar-refractivity contribution in [3.05, 3.63) is 12.7 Å². The van der Waals surface area contributed by atoms with Crippen LogP contribution in [0, 0.1) is 0 Å². The standard InChI is InChI=1S/C13H27N3O/c1-6-13(17)16(11-7-9-14(2)3)12-8-10-15(4)5/h6H,1,7-12H2,2-5H3. The Kier molecular flexibility index (Phi) is 8.72. The lowest BCUT2D eigenvalue weighted by Crippen LogP contribution is -2.34. The molecule has 4 heteroatoms. The SMILES string of the molecule is C=CC(=O)N(CCCN(C)C)CCCN(C)C. The van der Waals surface area contributed by atoms with E-state index in [9.17, 15) is 4.79 Å². The Morgan fingerprint density at radius 2 is 1.35 bits per heavy atom. The normalized spacial score (nSPS) is 10.9. The first-order valence-electron chi connectivity index (χ1n) is 6.18. The fraction of sp³-hybridized carbons (Fsp3) is 0.769. The van der Waals surface area contributed by atoms with Gasteiger partial charge in [-0.05, 0) is 60.2 Å². The van der Waals surface area contributed by atoms with E-state index in [0.29, 0.717) is 0 Å². The first kappa shape index (κ1) is 16.1. The van der Waals surface area contributed by atoms with Crippen LogP contribution in [0.15, 0.2) is 12.7 Å². The molecule has 0 N–H and O–H groups in total. The highest BCUT2D eigenvalue weighted by molar-refractivity contribution is 5.86. The molecule has 0 aromatic rings. The number of carbonyl (C=O) groups excluding carboxylic acids is 1. The van der Waals surface area contributed by atoms with E-state index in [4.69, 9.17) is 0 Å². The molecule has 0 bridgehead atoms. The van der Waals surface area contributed by atoms with Crippen molar-refractivity contribution in [2.75, 3.05) is 54.4 Å². The second kappa shape index (κ2) is 9.19. The van der Waals surface area contributed by atoms with Crippen LogP contribution in [0.25, 0.3) is 0 Å². The smallest absolute Gasteiger partial charge is 0.245 e. The number of amides is 1. The molecule has 0 aromatic heterocycles. The lowest BCUT2D eigenvalue weighted by molar-refractivity contribution is -0.126. The lowest BCUT2D eigenvalue weighted by atomic mass is 10.3. The average molecular weight is 241 g/mol. The van der Waals surface area contributed by atoms with Crippen molar-refractivity contribution in [2.45, 2.75) is 12.8 Å². The summed E-state index contributed by atoms with van der Waals surface area (Å²) < 4.78 is 0. The van der Waals surface area contributed by atoms with Gasteiger partial charge in [0.25, 0.3) is 0 Å². The molecule has 0 spiro atoms. The molecular formula is C13H27N3O. The minimum absolute atomic E-state index is 0.0440. The molecule has 0 saturated carbocycles. The molecule has 0 aliphatic rings. The quantitative estimate of drug-likeness (QED) is 0.561. The van der Waals surface area contributed by atoms with Crippen LogP contribution in [0.5, 0.6) is 0 Å². The summed E-state index contributed by atoms with van der Waals surface area (Å²) in [5.74, 6) is 0.0440. The predicted octanol–water partition coefficient (Wildman–Crippen LogP) is 0.904. The van der Waals surface area contributed by atoms with Crippen LogP contribution < -0.4 is 0 Å². The van der Waals surface area contributed by atoms with Gasteiger partial charge in [0.05, 0.1) is 0 Å². The molecule has 0 rings (SSSR count). The van der Waals surface area contributed by atoms with Crippen molar-refractivity contribution in [1.82, 2.24) is 14.7 Å². The molecular weight excluding hydrogens is 214 g/mol. The minimum Gasteiger partial charge on any atom is -0.339 e. The highest BCUT2D eigenvalue weighted by Crippen LogP contribution is 1.98. The van der Waals surface area contributed by atoms with E-state index in [1.54, 1.807) is 0 Å². The van der Waals surface area contributed by atoms with Crippen LogP contribution in [-0.4, -0.2) is 75.0 Å². The Morgan fingerprint density at radius 1 is 0.941 bits per heavy atom.